The highest BCUT2D eigenvalue weighted by atomic mass is 32.2. The maximum atomic E-state index is 17.6. The third-order valence-corrected chi connectivity index (χ3v) is 14.0. The van der Waals surface area contributed by atoms with Crippen molar-refractivity contribution in [2.45, 2.75) is 69.9 Å². The van der Waals surface area contributed by atoms with E-state index >= 15 is 4.39 Å². The lowest BCUT2D eigenvalue weighted by molar-refractivity contribution is 0.107. The smallest absolute Gasteiger partial charge is 0.415 e. The maximum absolute atomic E-state index is 17.6. The Bertz CT molecular complexity index is 2370. The minimum absolute atomic E-state index is 0.0172. The van der Waals surface area contributed by atoms with Gasteiger partial charge in [-0.2, -0.15) is 9.97 Å². The Morgan fingerprint density at radius 2 is 1.91 bits per heavy atom. The molecule has 10 rings (SSSR count). The third kappa shape index (κ3) is 7.30. The van der Waals surface area contributed by atoms with Gasteiger partial charge < -0.3 is 29.3 Å². The number of hydrogen-bond donors (Lipinski definition) is 1. The summed E-state index contributed by atoms with van der Waals surface area (Å²) < 4.78 is 59.7. The van der Waals surface area contributed by atoms with Crippen LogP contribution in [0.4, 0.5) is 19.8 Å². The van der Waals surface area contributed by atoms with Gasteiger partial charge in [-0.1, -0.05) is 25.1 Å². The molecule has 14 nitrogen and oxygen atoms in total. The van der Waals surface area contributed by atoms with Crippen LogP contribution in [0.2, 0.25) is 0 Å². The van der Waals surface area contributed by atoms with E-state index in [1.54, 1.807) is 18.3 Å². The van der Waals surface area contributed by atoms with E-state index in [0.29, 0.717) is 66.0 Å². The predicted molar refractivity (Wildman–Crippen MR) is 212 cm³/mol. The molecule has 1 N–H and O–H groups in total. The second-order valence-electron chi connectivity index (χ2n) is 16.8. The van der Waals surface area contributed by atoms with E-state index < -0.39 is 33.4 Å². The second-order valence-corrected chi connectivity index (χ2v) is 19.1. The number of sulfone groups is 1. The molecule has 8 heterocycles. The summed E-state index contributed by atoms with van der Waals surface area (Å²) in [5.74, 6) is 0.215. The van der Waals surface area contributed by atoms with Gasteiger partial charge in [0.2, 0.25) is 0 Å². The summed E-state index contributed by atoms with van der Waals surface area (Å²) in [4.78, 5) is 46.9. The van der Waals surface area contributed by atoms with Crippen LogP contribution in [0.15, 0.2) is 36.5 Å². The Labute approximate surface area is 331 Å². The fraction of sp³-hybridized carbons (Fsp3) is 0.537. The van der Waals surface area contributed by atoms with Gasteiger partial charge in [-0.25, -0.2) is 22.4 Å². The van der Waals surface area contributed by atoms with E-state index in [1.165, 1.54) is 4.90 Å². The van der Waals surface area contributed by atoms with Crippen LogP contribution >= 0.6 is 0 Å². The third-order valence-electron chi connectivity index (χ3n) is 12.4. The molecule has 6 bridgehead atoms. The zero-order chi connectivity index (χ0) is 39.5. The van der Waals surface area contributed by atoms with Crippen LogP contribution in [0.25, 0.3) is 32.9 Å². The van der Waals surface area contributed by atoms with Crippen molar-refractivity contribution in [3.05, 3.63) is 47.9 Å². The summed E-state index contributed by atoms with van der Waals surface area (Å²) in [6.45, 7) is 7.89. The number of ether oxygens (including phenoxy) is 3. The largest absolute Gasteiger partial charge is 0.461 e. The summed E-state index contributed by atoms with van der Waals surface area (Å²) in [6, 6.07) is 9.06. The first-order valence-corrected chi connectivity index (χ1v) is 21.9. The fourth-order valence-corrected chi connectivity index (χ4v) is 11.0. The number of benzene rings is 2. The lowest BCUT2D eigenvalue weighted by Gasteiger charge is -2.41. The predicted octanol–water partition coefficient (Wildman–Crippen LogP) is 5.50. The average Bonchev–Trinajstić information content (AvgIpc) is 3.70. The minimum atomic E-state index is -3.22. The van der Waals surface area contributed by atoms with Crippen LogP contribution in [0, 0.1) is 11.7 Å². The number of piperidine rings is 1. The van der Waals surface area contributed by atoms with E-state index in [-0.39, 0.29) is 59.7 Å². The zero-order valence-corrected chi connectivity index (χ0v) is 33.2. The van der Waals surface area contributed by atoms with Crippen molar-refractivity contribution < 1.29 is 36.6 Å². The number of hydrogen-bond acceptors (Lipinski definition) is 12. The monoisotopic (exact) mass is 801 g/mol. The van der Waals surface area contributed by atoms with Gasteiger partial charge in [-0.3, -0.25) is 9.88 Å². The highest BCUT2D eigenvalue weighted by Gasteiger charge is 2.48. The summed E-state index contributed by atoms with van der Waals surface area (Å²) >= 11 is 0. The van der Waals surface area contributed by atoms with Crippen LogP contribution in [0.3, 0.4) is 0 Å². The topological polar surface area (TPSA) is 156 Å². The number of nitrogens with zero attached hydrogens (tertiary/aromatic N) is 6. The van der Waals surface area contributed by atoms with E-state index in [1.807, 2.05) is 30.0 Å². The number of pyridine rings is 1. The van der Waals surface area contributed by atoms with Gasteiger partial charge in [-0.05, 0) is 92.8 Å². The van der Waals surface area contributed by atoms with Crippen LogP contribution in [-0.2, 0) is 21.0 Å². The van der Waals surface area contributed by atoms with Gasteiger partial charge in [0, 0.05) is 44.5 Å². The molecule has 2 aromatic carbocycles. The molecule has 6 aliphatic rings. The highest BCUT2D eigenvalue weighted by molar-refractivity contribution is 7.91. The maximum Gasteiger partial charge on any atom is 0.415 e. The van der Waals surface area contributed by atoms with E-state index in [0.717, 1.165) is 50.8 Å². The molecule has 4 saturated heterocycles. The molecular weight excluding hydrogens is 754 g/mol. The average molecular weight is 802 g/mol. The first-order chi connectivity index (χ1) is 27.4. The fourth-order valence-electron chi connectivity index (χ4n) is 9.76. The molecule has 2 amide bonds. The van der Waals surface area contributed by atoms with Gasteiger partial charge in [0.1, 0.15) is 29.4 Å². The molecule has 4 aromatic rings. The molecule has 0 spiro atoms. The van der Waals surface area contributed by atoms with Gasteiger partial charge in [0.05, 0.1) is 34.6 Å². The van der Waals surface area contributed by atoms with E-state index in [9.17, 15) is 18.0 Å². The van der Waals surface area contributed by atoms with Crippen LogP contribution in [0.1, 0.15) is 57.9 Å². The Balaban J connectivity index is 1.18. The first-order valence-electron chi connectivity index (χ1n) is 20.0. The zero-order valence-electron chi connectivity index (χ0n) is 32.4. The van der Waals surface area contributed by atoms with Crippen molar-refractivity contribution in [3.8, 4) is 23.0 Å². The first kappa shape index (κ1) is 37.7. The van der Waals surface area contributed by atoms with Gasteiger partial charge in [0.15, 0.2) is 15.7 Å². The van der Waals surface area contributed by atoms with Crippen molar-refractivity contribution in [2.75, 3.05) is 68.9 Å². The number of aromatic nitrogens is 3. The standard InChI is InChI=1S/C41H48FN7O7S/c1-26-21-41(11-6-13-49(41)23-26)25-55-37-44-35-31-22-43-34(33(35)42)30-20-29(56-39(51)47-14-17-57(52,53)18-15-47)19-28-8-3-7-27(32(28)30)9-4-16-54-38(50)46-40(2)10-5-12-48(24-40)36(31)45-37/h3,7-8,19-20,22,26H,4-6,9-18,21,23-25H2,1-2H3,(H,46,50)/t26-,40-,41+/m1/s1. The van der Waals surface area contributed by atoms with Crippen molar-refractivity contribution >= 4 is 49.5 Å². The molecule has 0 saturated carbocycles. The van der Waals surface area contributed by atoms with Crippen molar-refractivity contribution in [1.29, 1.82) is 0 Å². The molecule has 3 atom stereocenters. The molecule has 2 aromatic heterocycles. The number of halogens is 1. The van der Waals surface area contributed by atoms with Gasteiger partial charge >= 0.3 is 18.2 Å². The van der Waals surface area contributed by atoms with Crippen LogP contribution in [-0.4, -0.2) is 120 Å². The number of carbonyl (C=O) groups excluding carboxylic acids is 2. The number of nitrogens with one attached hydrogen (secondary N) is 1. The number of amides is 2. The van der Waals surface area contributed by atoms with Gasteiger partial charge in [-0.15, -0.1) is 0 Å². The number of rotatable bonds is 4. The highest BCUT2D eigenvalue weighted by Crippen LogP contribution is 2.43. The van der Waals surface area contributed by atoms with Crippen molar-refractivity contribution in [1.82, 2.24) is 30.1 Å². The summed E-state index contributed by atoms with van der Waals surface area (Å²) in [6.07, 6.45) is 5.99. The molecule has 0 aliphatic carbocycles. The normalized spacial score (nSPS) is 26.3. The number of alkyl carbamates (subject to hydrolysis) is 1. The Hall–Kier alpha value is -4.83. The van der Waals surface area contributed by atoms with E-state index in [4.69, 9.17) is 29.2 Å². The molecule has 16 heteroatoms. The number of anilines is 1. The quantitative estimate of drug-likeness (QED) is 0.277. The van der Waals surface area contributed by atoms with Crippen molar-refractivity contribution in [3.63, 3.8) is 0 Å². The number of fused-ring (bicyclic) bond motifs is 7. The summed E-state index contributed by atoms with van der Waals surface area (Å²) in [7, 11) is -3.22. The molecule has 0 unspecified atom stereocenters. The minimum Gasteiger partial charge on any atom is -0.461 e. The lowest BCUT2D eigenvalue weighted by atomic mass is 9.91. The van der Waals surface area contributed by atoms with Gasteiger partial charge in [0.25, 0.3) is 0 Å². The SMILES string of the molecule is C[C@H]1CN2CCC[C@@]2(COc2nc3c4cnc(c(F)c4n2)-c2cc(OC(=O)N4CCS(=O)(=O)CC4)cc4cccc(c24)CCCOC(=O)N[C@]2(C)CCCN3C2)C1. The summed E-state index contributed by atoms with van der Waals surface area (Å²) in [5, 5.41) is 4.89. The molecule has 302 valence electrons. The molecule has 6 aliphatic heterocycles. The van der Waals surface area contributed by atoms with Crippen molar-refractivity contribution in [2.24, 2.45) is 5.92 Å². The summed E-state index contributed by atoms with van der Waals surface area (Å²) in [5.41, 5.74) is 0.562. The Morgan fingerprint density at radius 1 is 1.09 bits per heavy atom. The Kier molecular flexibility index (Phi) is 9.61. The molecular formula is C41H48FN7O7S. The Morgan fingerprint density at radius 3 is 2.75 bits per heavy atom. The molecule has 0 radical (unpaired) electrons. The van der Waals surface area contributed by atoms with E-state index in [2.05, 4.69) is 17.1 Å². The number of aryl methyl sites for hydroxylation is 1. The van der Waals surface area contributed by atoms with Crippen LogP contribution < -0.4 is 19.7 Å². The molecule has 57 heavy (non-hydrogen) atoms. The number of carbonyl (C=O) groups is 2. The second kappa shape index (κ2) is 14.5. The molecule has 4 fully saturated rings. The lowest BCUT2D eigenvalue weighted by Crippen LogP contribution is -2.57. The van der Waals surface area contributed by atoms with Crippen LogP contribution in [0.5, 0.6) is 11.8 Å².